The van der Waals surface area contributed by atoms with E-state index in [2.05, 4.69) is 23.5 Å². The van der Waals surface area contributed by atoms with Crippen molar-refractivity contribution in [3.8, 4) is 11.1 Å². The van der Waals surface area contributed by atoms with Crippen LogP contribution in [0.1, 0.15) is 5.56 Å². The molecule has 1 N–H and O–H groups in total. The van der Waals surface area contributed by atoms with Crippen molar-refractivity contribution in [3.05, 3.63) is 60.2 Å². The van der Waals surface area contributed by atoms with Crippen LogP contribution in [0.3, 0.4) is 0 Å². The third-order valence-corrected chi connectivity index (χ3v) is 4.97. The van der Waals surface area contributed by atoms with E-state index in [0.717, 1.165) is 16.7 Å². The van der Waals surface area contributed by atoms with Crippen LogP contribution in [0.15, 0.2) is 54.6 Å². The van der Waals surface area contributed by atoms with Crippen LogP contribution >= 0.6 is 0 Å². The number of hydrogen-bond acceptors (Lipinski definition) is 4. The summed E-state index contributed by atoms with van der Waals surface area (Å²) in [5, 5.41) is 2.70. The van der Waals surface area contributed by atoms with Crippen molar-refractivity contribution < 1.29 is 19.1 Å². The lowest BCUT2D eigenvalue weighted by molar-refractivity contribution is -0.167. The van der Waals surface area contributed by atoms with Gasteiger partial charge in [-0.15, -0.1) is 0 Å². The van der Waals surface area contributed by atoms with Gasteiger partial charge in [0.15, 0.2) is 5.60 Å². The van der Waals surface area contributed by atoms with Gasteiger partial charge in [-0.05, 0) is 16.7 Å². The zero-order chi connectivity index (χ0) is 20.0. The fourth-order valence-electron chi connectivity index (χ4n) is 3.59. The fourth-order valence-corrected chi connectivity index (χ4v) is 3.59. The van der Waals surface area contributed by atoms with Gasteiger partial charge in [0, 0.05) is 27.1 Å². The molecule has 148 valence electrons. The van der Waals surface area contributed by atoms with Crippen LogP contribution in [0, 0.1) is 0 Å². The van der Waals surface area contributed by atoms with Gasteiger partial charge in [0.25, 0.3) is 5.91 Å². The molecule has 1 saturated heterocycles. The number of methoxy groups -OCH3 is 1. The predicted molar refractivity (Wildman–Crippen MR) is 107 cm³/mol. The maximum atomic E-state index is 12.8. The number of nitrogens with one attached hydrogen (secondary N) is 1. The molecule has 0 aliphatic carbocycles. The summed E-state index contributed by atoms with van der Waals surface area (Å²) >= 11 is 0. The van der Waals surface area contributed by atoms with E-state index < -0.39 is 5.60 Å². The van der Waals surface area contributed by atoms with E-state index in [0.29, 0.717) is 19.6 Å². The summed E-state index contributed by atoms with van der Waals surface area (Å²) in [5.41, 5.74) is 2.05. The first-order valence-corrected chi connectivity index (χ1v) is 9.35. The summed E-state index contributed by atoms with van der Waals surface area (Å²) in [5.74, 6) is -0.371. The first-order chi connectivity index (χ1) is 13.6. The topological polar surface area (TPSA) is 67.9 Å². The highest BCUT2D eigenvalue weighted by atomic mass is 16.5. The number of morpholine rings is 1. The lowest BCUT2D eigenvalue weighted by Crippen LogP contribution is -2.62. The second-order valence-electron chi connectivity index (χ2n) is 6.91. The van der Waals surface area contributed by atoms with Gasteiger partial charge >= 0.3 is 0 Å². The van der Waals surface area contributed by atoms with Gasteiger partial charge in [-0.2, -0.15) is 0 Å². The van der Waals surface area contributed by atoms with Crippen molar-refractivity contribution in [2.24, 2.45) is 0 Å². The molecule has 1 heterocycles. The molecule has 0 aromatic heterocycles. The number of likely N-dealkylation sites (N-methyl/N-ethyl adjacent to an activating group) is 1. The molecule has 1 aliphatic heterocycles. The first-order valence-electron chi connectivity index (χ1n) is 9.35. The molecule has 0 saturated carbocycles. The highest BCUT2D eigenvalue weighted by Gasteiger charge is 2.44. The second-order valence-corrected chi connectivity index (χ2v) is 6.91. The molecule has 1 fully saturated rings. The molecule has 2 amide bonds. The number of amides is 2. The zero-order valence-electron chi connectivity index (χ0n) is 16.3. The maximum absolute atomic E-state index is 12.8. The molecule has 1 aliphatic rings. The van der Waals surface area contributed by atoms with E-state index in [9.17, 15) is 9.59 Å². The summed E-state index contributed by atoms with van der Waals surface area (Å²) in [6, 6.07) is 18.2. The minimum atomic E-state index is -1.12. The van der Waals surface area contributed by atoms with Crippen LogP contribution in [-0.4, -0.2) is 62.8 Å². The van der Waals surface area contributed by atoms with Crippen molar-refractivity contribution in [1.82, 2.24) is 10.2 Å². The number of nitrogens with zero attached hydrogens (tertiary/aromatic N) is 1. The molecule has 2 aromatic rings. The van der Waals surface area contributed by atoms with Crippen molar-refractivity contribution in [2.75, 3.05) is 40.5 Å². The molecular weight excluding hydrogens is 356 g/mol. The number of hydrogen-bond donors (Lipinski definition) is 1. The third kappa shape index (κ3) is 4.40. The Morgan fingerprint density at radius 3 is 2.61 bits per heavy atom. The third-order valence-electron chi connectivity index (χ3n) is 4.97. The van der Waals surface area contributed by atoms with Gasteiger partial charge in [-0.1, -0.05) is 54.6 Å². The van der Waals surface area contributed by atoms with Crippen LogP contribution in [0.25, 0.3) is 11.1 Å². The summed E-state index contributed by atoms with van der Waals surface area (Å²) < 4.78 is 10.9. The molecule has 1 atom stereocenters. The Bertz CT molecular complexity index is 824. The van der Waals surface area contributed by atoms with Crippen molar-refractivity contribution in [3.63, 3.8) is 0 Å². The summed E-state index contributed by atoms with van der Waals surface area (Å²) in [6.07, 6.45) is 0.379. The zero-order valence-corrected chi connectivity index (χ0v) is 16.3. The van der Waals surface area contributed by atoms with Crippen LogP contribution < -0.4 is 5.32 Å². The maximum Gasteiger partial charge on any atom is 0.254 e. The van der Waals surface area contributed by atoms with Gasteiger partial charge in [0.05, 0.1) is 13.2 Å². The number of ether oxygens (including phenoxy) is 2. The van der Waals surface area contributed by atoms with E-state index in [1.165, 1.54) is 7.11 Å². The summed E-state index contributed by atoms with van der Waals surface area (Å²) in [7, 11) is 3.07. The van der Waals surface area contributed by atoms with Gasteiger partial charge in [0.1, 0.15) is 6.61 Å². The second kappa shape index (κ2) is 8.99. The van der Waals surface area contributed by atoms with Gasteiger partial charge < -0.3 is 19.7 Å². The molecule has 2 aromatic carbocycles. The van der Waals surface area contributed by atoms with Gasteiger partial charge in [-0.3, -0.25) is 9.59 Å². The standard InChI is InChI=1S/C22H26N2O4/c1-23-21(26)22(16-24(11-12-28-22)20(25)15-27-2)14-17-7-6-10-19(13-17)18-8-4-3-5-9-18/h3-10,13H,11-12,14-16H2,1-2H3,(H,23,26). The van der Waals surface area contributed by atoms with E-state index in [1.54, 1.807) is 11.9 Å². The molecule has 1 unspecified atom stereocenters. The van der Waals surface area contributed by atoms with Gasteiger partial charge in [-0.25, -0.2) is 0 Å². The average molecular weight is 382 g/mol. The Hall–Kier alpha value is -2.70. The Kier molecular flexibility index (Phi) is 6.44. The fraction of sp³-hybridized carbons (Fsp3) is 0.364. The largest absolute Gasteiger partial charge is 0.375 e. The first kappa shape index (κ1) is 20.0. The SMILES string of the molecule is CNC(=O)C1(Cc2cccc(-c3ccccc3)c2)CN(C(=O)COC)CCO1. The molecule has 28 heavy (non-hydrogen) atoms. The summed E-state index contributed by atoms with van der Waals surface area (Å²) in [4.78, 5) is 26.7. The lowest BCUT2D eigenvalue weighted by Gasteiger charge is -2.41. The van der Waals surface area contributed by atoms with Crippen molar-refractivity contribution in [1.29, 1.82) is 0 Å². The monoisotopic (exact) mass is 382 g/mol. The van der Waals surface area contributed by atoms with Crippen LogP contribution in [0.5, 0.6) is 0 Å². The Labute approximate surface area is 165 Å². The average Bonchev–Trinajstić information content (AvgIpc) is 2.74. The Morgan fingerprint density at radius 2 is 1.89 bits per heavy atom. The molecular formula is C22H26N2O4. The smallest absolute Gasteiger partial charge is 0.254 e. The molecule has 0 bridgehead atoms. The number of carbonyl (C=O) groups excluding carboxylic acids is 2. The normalized spacial score (nSPS) is 19.3. The molecule has 0 spiro atoms. The highest BCUT2D eigenvalue weighted by Crippen LogP contribution is 2.27. The van der Waals surface area contributed by atoms with Crippen LogP contribution in [0.4, 0.5) is 0 Å². The van der Waals surface area contributed by atoms with Crippen LogP contribution in [0.2, 0.25) is 0 Å². The minimum Gasteiger partial charge on any atom is -0.375 e. The Balaban J connectivity index is 1.87. The number of benzene rings is 2. The van der Waals surface area contributed by atoms with E-state index in [4.69, 9.17) is 9.47 Å². The number of rotatable bonds is 6. The molecule has 6 heteroatoms. The van der Waals surface area contributed by atoms with Gasteiger partial charge in [0.2, 0.25) is 5.91 Å². The minimum absolute atomic E-state index is 0.00663. The lowest BCUT2D eigenvalue weighted by atomic mass is 9.90. The van der Waals surface area contributed by atoms with E-state index in [-0.39, 0.29) is 25.0 Å². The quantitative estimate of drug-likeness (QED) is 0.829. The van der Waals surface area contributed by atoms with E-state index >= 15 is 0 Å². The van der Waals surface area contributed by atoms with Crippen molar-refractivity contribution >= 4 is 11.8 Å². The van der Waals surface area contributed by atoms with Crippen molar-refractivity contribution in [2.45, 2.75) is 12.0 Å². The van der Waals surface area contributed by atoms with Crippen LogP contribution in [-0.2, 0) is 25.5 Å². The summed E-state index contributed by atoms with van der Waals surface area (Å²) in [6.45, 7) is 0.948. The highest BCUT2D eigenvalue weighted by molar-refractivity contribution is 5.87. The molecule has 3 rings (SSSR count). The predicted octanol–water partition coefficient (Wildman–Crippen LogP) is 1.89. The Morgan fingerprint density at radius 1 is 1.14 bits per heavy atom. The number of carbonyl (C=O) groups is 2. The van der Waals surface area contributed by atoms with E-state index in [1.807, 2.05) is 36.4 Å². The molecule has 6 nitrogen and oxygen atoms in total. The molecule has 0 radical (unpaired) electrons.